The predicted octanol–water partition coefficient (Wildman–Crippen LogP) is 3.19. The molecule has 0 saturated heterocycles. The summed E-state index contributed by atoms with van der Waals surface area (Å²) in [6, 6.07) is 5.07. The monoisotopic (exact) mass is 363 g/mol. The Labute approximate surface area is 155 Å². The molecule has 2 rings (SSSR count). The van der Waals surface area contributed by atoms with Crippen molar-refractivity contribution >= 4 is 11.9 Å². The normalized spacial score (nSPS) is 23.7. The van der Waals surface area contributed by atoms with E-state index in [1.54, 1.807) is 25.1 Å². The smallest absolute Gasteiger partial charge is 0.342 e. The maximum absolute atomic E-state index is 12.5. The fourth-order valence-electron chi connectivity index (χ4n) is 3.41. The van der Waals surface area contributed by atoms with Crippen LogP contribution in [0, 0.1) is 11.8 Å². The molecular formula is C20H29NO5. The Kier molecular flexibility index (Phi) is 6.89. The van der Waals surface area contributed by atoms with E-state index in [2.05, 4.69) is 19.2 Å². The standard InChI is InChI=1S/C20H29NO5/c1-12-8-6-10-16(13(12)2)21-19(22)14(3)26-20(23)15-9-7-11-17(24-4)18(15)25-5/h7,9,11-14,16H,6,8,10H2,1-5H3,(H,21,22)/t12-,13+,14+,16+/m0/s1. The van der Waals surface area contributed by atoms with Crippen LogP contribution in [0.1, 0.15) is 50.4 Å². The summed E-state index contributed by atoms with van der Waals surface area (Å²) in [7, 11) is 2.95. The quantitative estimate of drug-likeness (QED) is 0.786. The second-order valence-corrected chi connectivity index (χ2v) is 6.97. The van der Waals surface area contributed by atoms with Crippen LogP contribution < -0.4 is 14.8 Å². The third kappa shape index (κ3) is 4.48. The molecule has 0 radical (unpaired) electrons. The van der Waals surface area contributed by atoms with E-state index in [0.717, 1.165) is 12.8 Å². The first-order valence-corrected chi connectivity index (χ1v) is 9.11. The van der Waals surface area contributed by atoms with Crippen molar-refractivity contribution in [2.45, 2.75) is 52.2 Å². The lowest BCUT2D eigenvalue weighted by Crippen LogP contribution is -2.47. The van der Waals surface area contributed by atoms with Crippen molar-refractivity contribution in [3.05, 3.63) is 23.8 Å². The highest BCUT2D eigenvalue weighted by molar-refractivity contribution is 5.95. The van der Waals surface area contributed by atoms with Crippen LogP contribution in [0.2, 0.25) is 0 Å². The molecule has 26 heavy (non-hydrogen) atoms. The third-order valence-electron chi connectivity index (χ3n) is 5.31. The van der Waals surface area contributed by atoms with Crippen LogP contribution >= 0.6 is 0 Å². The van der Waals surface area contributed by atoms with Crippen LogP contribution in [0.15, 0.2) is 18.2 Å². The lowest BCUT2D eigenvalue weighted by Gasteiger charge is -2.35. The Bertz CT molecular complexity index is 645. The molecule has 0 unspecified atom stereocenters. The van der Waals surface area contributed by atoms with Gasteiger partial charge in [0.15, 0.2) is 17.6 Å². The number of carbonyl (C=O) groups excluding carboxylic acids is 2. The van der Waals surface area contributed by atoms with Gasteiger partial charge in [0, 0.05) is 6.04 Å². The van der Waals surface area contributed by atoms with Crippen molar-refractivity contribution in [2.24, 2.45) is 11.8 Å². The Morgan fingerprint density at radius 1 is 1.15 bits per heavy atom. The number of esters is 1. The molecule has 6 heteroatoms. The SMILES string of the molecule is COc1cccc(C(=O)O[C@H](C)C(=O)N[C@@H]2CCC[C@H](C)[C@H]2C)c1OC. The maximum atomic E-state index is 12.5. The number of nitrogens with one attached hydrogen (secondary N) is 1. The summed E-state index contributed by atoms with van der Waals surface area (Å²) in [5.74, 6) is 0.827. The van der Waals surface area contributed by atoms with Crippen molar-refractivity contribution in [3.63, 3.8) is 0 Å². The highest BCUT2D eigenvalue weighted by Gasteiger charge is 2.30. The fourth-order valence-corrected chi connectivity index (χ4v) is 3.41. The molecule has 0 bridgehead atoms. The van der Waals surface area contributed by atoms with Gasteiger partial charge < -0.3 is 19.5 Å². The number of ether oxygens (including phenoxy) is 3. The number of methoxy groups -OCH3 is 2. The van der Waals surface area contributed by atoms with Crippen LogP contribution in [0.5, 0.6) is 11.5 Å². The molecule has 1 amide bonds. The number of carbonyl (C=O) groups is 2. The van der Waals surface area contributed by atoms with E-state index < -0.39 is 12.1 Å². The maximum Gasteiger partial charge on any atom is 0.342 e. The molecule has 1 aromatic carbocycles. The van der Waals surface area contributed by atoms with E-state index in [9.17, 15) is 9.59 Å². The zero-order chi connectivity index (χ0) is 19.3. The molecule has 1 fully saturated rings. The first kappa shape index (κ1) is 20.1. The van der Waals surface area contributed by atoms with Crippen molar-refractivity contribution in [1.29, 1.82) is 0 Å². The molecule has 144 valence electrons. The van der Waals surface area contributed by atoms with Gasteiger partial charge in [-0.15, -0.1) is 0 Å². The van der Waals surface area contributed by atoms with Crippen LogP contribution in [-0.4, -0.2) is 38.2 Å². The van der Waals surface area contributed by atoms with Crippen molar-refractivity contribution in [2.75, 3.05) is 14.2 Å². The van der Waals surface area contributed by atoms with Gasteiger partial charge in [-0.2, -0.15) is 0 Å². The number of hydrogen-bond donors (Lipinski definition) is 1. The second-order valence-electron chi connectivity index (χ2n) is 6.97. The van der Waals surface area contributed by atoms with E-state index in [1.807, 2.05) is 0 Å². The Morgan fingerprint density at radius 2 is 1.88 bits per heavy atom. The first-order valence-electron chi connectivity index (χ1n) is 9.11. The molecule has 1 aliphatic rings. The highest BCUT2D eigenvalue weighted by atomic mass is 16.6. The summed E-state index contributed by atoms with van der Waals surface area (Å²) in [4.78, 5) is 24.9. The molecule has 1 aromatic rings. The van der Waals surface area contributed by atoms with Crippen molar-refractivity contribution in [1.82, 2.24) is 5.32 Å². The topological polar surface area (TPSA) is 73.9 Å². The van der Waals surface area contributed by atoms with Gasteiger partial charge in [0.2, 0.25) is 0 Å². The summed E-state index contributed by atoms with van der Waals surface area (Å²) in [6.45, 7) is 5.95. The Morgan fingerprint density at radius 3 is 2.54 bits per heavy atom. The Balaban J connectivity index is 2.01. The number of para-hydroxylation sites is 1. The lowest BCUT2D eigenvalue weighted by molar-refractivity contribution is -0.130. The molecule has 1 saturated carbocycles. The molecule has 0 aromatic heterocycles. The first-order chi connectivity index (χ1) is 12.4. The number of hydrogen-bond acceptors (Lipinski definition) is 5. The molecular weight excluding hydrogens is 334 g/mol. The largest absolute Gasteiger partial charge is 0.493 e. The number of benzene rings is 1. The molecule has 4 atom stereocenters. The minimum absolute atomic E-state index is 0.124. The van der Waals surface area contributed by atoms with Crippen LogP contribution in [0.25, 0.3) is 0 Å². The summed E-state index contributed by atoms with van der Waals surface area (Å²) >= 11 is 0. The molecule has 0 heterocycles. The second kappa shape index (κ2) is 8.92. The van der Waals surface area contributed by atoms with Crippen molar-refractivity contribution in [3.8, 4) is 11.5 Å². The van der Waals surface area contributed by atoms with Crippen LogP contribution in [0.4, 0.5) is 0 Å². The van der Waals surface area contributed by atoms with E-state index >= 15 is 0 Å². The summed E-state index contributed by atoms with van der Waals surface area (Å²) in [5.41, 5.74) is 0.228. The molecule has 1 N–H and O–H groups in total. The molecule has 1 aliphatic carbocycles. The van der Waals surface area contributed by atoms with Gasteiger partial charge in [-0.3, -0.25) is 4.79 Å². The zero-order valence-electron chi connectivity index (χ0n) is 16.2. The van der Waals surface area contributed by atoms with Crippen LogP contribution in [-0.2, 0) is 9.53 Å². The molecule has 0 spiro atoms. The average molecular weight is 363 g/mol. The Hall–Kier alpha value is -2.24. The predicted molar refractivity (Wildman–Crippen MR) is 98.5 cm³/mol. The van der Waals surface area contributed by atoms with Gasteiger partial charge in [0.25, 0.3) is 5.91 Å². The van der Waals surface area contributed by atoms with Gasteiger partial charge in [0.05, 0.1) is 14.2 Å². The van der Waals surface area contributed by atoms with Crippen molar-refractivity contribution < 1.29 is 23.8 Å². The summed E-state index contributed by atoms with van der Waals surface area (Å²) in [6.07, 6.45) is 2.36. The summed E-state index contributed by atoms with van der Waals surface area (Å²) in [5, 5.41) is 3.03. The van der Waals surface area contributed by atoms with E-state index in [0.29, 0.717) is 23.3 Å². The number of rotatable bonds is 6. The molecule has 6 nitrogen and oxygen atoms in total. The third-order valence-corrected chi connectivity index (χ3v) is 5.31. The van der Waals surface area contributed by atoms with E-state index in [1.165, 1.54) is 20.6 Å². The fraction of sp³-hybridized carbons (Fsp3) is 0.600. The average Bonchev–Trinajstić information content (AvgIpc) is 2.64. The van der Waals surface area contributed by atoms with Gasteiger partial charge in [-0.25, -0.2) is 4.79 Å². The lowest BCUT2D eigenvalue weighted by atomic mass is 9.78. The number of amides is 1. The zero-order valence-corrected chi connectivity index (χ0v) is 16.2. The minimum Gasteiger partial charge on any atom is -0.493 e. The van der Waals surface area contributed by atoms with E-state index in [-0.39, 0.29) is 17.5 Å². The van der Waals surface area contributed by atoms with Gasteiger partial charge in [-0.1, -0.05) is 32.8 Å². The van der Waals surface area contributed by atoms with Gasteiger partial charge in [-0.05, 0) is 37.3 Å². The van der Waals surface area contributed by atoms with Crippen LogP contribution in [0.3, 0.4) is 0 Å². The van der Waals surface area contributed by atoms with E-state index in [4.69, 9.17) is 14.2 Å². The molecule has 0 aliphatic heterocycles. The van der Waals surface area contributed by atoms with Gasteiger partial charge >= 0.3 is 5.97 Å². The minimum atomic E-state index is -0.886. The summed E-state index contributed by atoms with van der Waals surface area (Å²) < 4.78 is 15.8. The highest BCUT2D eigenvalue weighted by Crippen LogP contribution is 2.32. The van der Waals surface area contributed by atoms with Gasteiger partial charge in [0.1, 0.15) is 5.56 Å².